The maximum Gasteiger partial charge on any atom is 0.0547 e. The molecule has 0 fully saturated rings. The number of nitrogens with two attached hydrogens (primary N) is 1. The Kier molecular flexibility index (Phi) is 4.82. The second-order valence-electron chi connectivity index (χ2n) is 5.17. The van der Waals surface area contributed by atoms with Gasteiger partial charge in [-0.2, -0.15) is 0 Å². The van der Waals surface area contributed by atoms with E-state index < -0.39 is 0 Å². The first-order valence-electron chi connectivity index (χ1n) is 6.85. The van der Waals surface area contributed by atoms with E-state index in [-0.39, 0.29) is 6.04 Å². The second-order valence-corrected chi connectivity index (χ2v) is 5.17. The Labute approximate surface area is 120 Å². The quantitative estimate of drug-likeness (QED) is 0.905. The van der Waals surface area contributed by atoms with Crippen LogP contribution in [0.2, 0.25) is 0 Å². The van der Waals surface area contributed by atoms with Crippen LogP contribution in [0.15, 0.2) is 36.7 Å². The highest BCUT2D eigenvalue weighted by atomic mass is 15.1. The zero-order valence-electron chi connectivity index (χ0n) is 12.4. The van der Waals surface area contributed by atoms with Crippen LogP contribution in [0.1, 0.15) is 28.6 Å². The minimum absolute atomic E-state index is 0.158. The fraction of sp³-hybridized carbons (Fsp3) is 0.375. The molecule has 0 radical (unpaired) electrons. The van der Waals surface area contributed by atoms with E-state index in [1.54, 1.807) is 0 Å². The molecule has 2 N–H and O–H groups in total. The predicted molar refractivity (Wildman–Crippen MR) is 81.2 cm³/mol. The summed E-state index contributed by atoms with van der Waals surface area (Å²) in [6.45, 7) is 5.44. The molecule has 0 aliphatic rings. The second kappa shape index (κ2) is 6.59. The summed E-state index contributed by atoms with van der Waals surface area (Å²) >= 11 is 0. The van der Waals surface area contributed by atoms with Crippen LogP contribution >= 0.6 is 0 Å². The summed E-state index contributed by atoms with van der Waals surface area (Å²) in [6.07, 6.45) is 3.72. The minimum Gasteiger partial charge on any atom is -0.329 e. The van der Waals surface area contributed by atoms with Gasteiger partial charge in [0.05, 0.1) is 5.69 Å². The van der Waals surface area contributed by atoms with Crippen molar-refractivity contribution in [1.82, 2.24) is 14.9 Å². The number of aryl methyl sites for hydroxylation is 2. The molecule has 0 saturated carbocycles. The molecule has 20 heavy (non-hydrogen) atoms. The van der Waals surface area contributed by atoms with Crippen molar-refractivity contribution in [3.05, 3.63) is 59.2 Å². The van der Waals surface area contributed by atoms with Gasteiger partial charge >= 0.3 is 0 Å². The van der Waals surface area contributed by atoms with Gasteiger partial charge < -0.3 is 5.73 Å². The van der Waals surface area contributed by atoms with Crippen molar-refractivity contribution in [2.75, 3.05) is 13.6 Å². The van der Waals surface area contributed by atoms with Crippen molar-refractivity contribution in [1.29, 1.82) is 0 Å². The van der Waals surface area contributed by atoms with E-state index in [1.807, 2.05) is 43.6 Å². The standard InChI is InChI=1S/C16H22N4/c1-12-7-8-18-10-15(12)16(9-17)20(3)11-14-6-4-5-13(2)19-14/h4-8,10,16H,9,11,17H2,1-3H3. The van der Waals surface area contributed by atoms with E-state index in [1.165, 1.54) is 11.1 Å². The summed E-state index contributed by atoms with van der Waals surface area (Å²) in [7, 11) is 2.08. The zero-order chi connectivity index (χ0) is 14.5. The fourth-order valence-corrected chi connectivity index (χ4v) is 2.42. The molecular weight excluding hydrogens is 248 g/mol. The maximum absolute atomic E-state index is 5.97. The van der Waals surface area contributed by atoms with Crippen molar-refractivity contribution >= 4 is 0 Å². The summed E-state index contributed by atoms with van der Waals surface area (Å²) in [5.74, 6) is 0. The minimum atomic E-state index is 0.158. The molecule has 2 heterocycles. The van der Waals surface area contributed by atoms with E-state index in [4.69, 9.17) is 5.73 Å². The first-order chi connectivity index (χ1) is 9.61. The number of aromatic nitrogens is 2. The van der Waals surface area contributed by atoms with Crippen molar-refractivity contribution in [2.45, 2.75) is 26.4 Å². The Morgan fingerprint density at radius 1 is 1.25 bits per heavy atom. The van der Waals surface area contributed by atoms with Gasteiger partial charge in [0.15, 0.2) is 0 Å². The third-order valence-corrected chi connectivity index (χ3v) is 3.55. The highest BCUT2D eigenvalue weighted by Gasteiger charge is 2.18. The predicted octanol–water partition coefficient (Wildman–Crippen LogP) is 2.23. The Morgan fingerprint density at radius 2 is 2.05 bits per heavy atom. The van der Waals surface area contributed by atoms with Crippen LogP contribution in [-0.4, -0.2) is 28.5 Å². The summed E-state index contributed by atoms with van der Waals surface area (Å²) in [4.78, 5) is 11.0. The SMILES string of the molecule is Cc1cccc(CN(C)C(CN)c2cnccc2C)n1. The van der Waals surface area contributed by atoms with Crippen LogP contribution in [0.4, 0.5) is 0 Å². The van der Waals surface area contributed by atoms with Gasteiger partial charge in [-0.3, -0.25) is 14.9 Å². The summed E-state index contributed by atoms with van der Waals surface area (Å²) in [6, 6.07) is 8.28. The molecule has 4 heteroatoms. The lowest BCUT2D eigenvalue weighted by Gasteiger charge is -2.28. The van der Waals surface area contributed by atoms with E-state index in [9.17, 15) is 0 Å². The maximum atomic E-state index is 5.97. The Balaban J connectivity index is 2.18. The largest absolute Gasteiger partial charge is 0.329 e. The number of hydrogen-bond donors (Lipinski definition) is 1. The molecule has 2 rings (SSSR count). The van der Waals surface area contributed by atoms with Gasteiger partial charge in [-0.1, -0.05) is 6.07 Å². The van der Waals surface area contributed by atoms with Crippen molar-refractivity contribution in [2.24, 2.45) is 5.73 Å². The summed E-state index contributed by atoms with van der Waals surface area (Å²) in [5, 5.41) is 0. The van der Waals surface area contributed by atoms with Gasteiger partial charge in [-0.15, -0.1) is 0 Å². The Hall–Kier alpha value is -1.78. The van der Waals surface area contributed by atoms with Gasteiger partial charge in [0.2, 0.25) is 0 Å². The van der Waals surface area contributed by atoms with Crippen LogP contribution < -0.4 is 5.73 Å². The van der Waals surface area contributed by atoms with Crippen LogP contribution in [0, 0.1) is 13.8 Å². The molecule has 0 spiro atoms. The molecule has 0 bridgehead atoms. The van der Waals surface area contributed by atoms with Crippen molar-refractivity contribution in [3.63, 3.8) is 0 Å². The average Bonchev–Trinajstić information content (AvgIpc) is 2.41. The molecule has 106 valence electrons. The molecule has 2 aromatic heterocycles. The Bertz CT molecular complexity index is 568. The number of nitrogens with zero attached hydrogens (tertiary/aromatic N) is 3. The molecule has 0 aliphatic carbocycles. The highest BCUT2D eigenvalue weighted by Crippen LogP contribution is 2.22. The molecular formula is C16H22N4. The van der Waals surface area contributed by atoms with Crippen LogP contribution in [0.3, 0.4) is 0 Å². The van der Waals surface area contributed by atoms with Crippen molar-refractivity contribution in [3.8, 4) is 0 Å². The summed E-state index contributed by atoms with van der Waals surface area (Å²) in [5.41, 5.74) is 10.5. The molecule has 1 atom stereocenters. The number of rotatable bonds is 5. The smallest absolute Gasteiger partial charge is 0.0547 e. The number of pyridine rings is 2. The van der Waals surface area contributed by atoms with E-state index in [0.717, 1.165) is 17.9 Å². The molecule has 0 aliphatic heterocycles. The van der Waals surface area contributed by atoms with Gasteiger partial charge in [0.1, 0.15) is 0 Å². The molecule has 0 amide bonds. The third-order valence-electron chi connectivity index (χ3n) is 3.55. The number of likely N-dealkylation sites (N-methyl/N-ethyl adjacent to an activating group) is 1. The van der Waals surface area contributed by atoms with Gasteiger partial charge in [-0.25, -0.2) is 0 Å². The Morgan fingerprint density at radius 3 is 2.70 bits per heavy atom. The highest BCUT2D eigenvalue weighted by molar-refractivity contribution is 5.25. The van der Waals surface area contributed by atoms with Gasteiger partial charge in [0, 0.05) is 37.2 Å². The lowest BCUT2D eigenvalue weighted by atomic mass is 10.0. The van der Waals surface area contributed by atoms with Gasteiger partial charge in [-0.05, 0) is 50.2 Å². The monoisotopic (exact) mass is 270 g/mol. The normalized spacial score (nSPS) is 12.7. The zero-order valence-corrected chi connectivity index (χ0v) is 12.4. The summed E-state index contributed by atoms with van der Waals surface area (Å²) < 4.78 is 0. The molecule has 1 unspecified atom stereocenters. The topological polar surface area (TPSA) is 55.0 Å². The molecule has 0 aromatic carbocycles. The lowest BCUT2D eigenvalue weighted by molar-refractivity contribution is 0.238. The number of hydrogen-bond acceptors (Lipinski definition) is 4. The third kappa shape index (κ3) is 3.40. The van der Waals surface area contributed by atoms with E-state index in [0.29, 0.717) is 6.54 Å². The van der Waals surface area contributed by atoms with E-state index >= 15 is 0 Å². The first kappa shape index (κ1) is 14.6. The average molecular weight is 270 g/mol. The van der Waals surface area contributed by atoms with E-state index in [2.05, 4.69) is 28.8 Å². The van der Waals surface area contributed by atoms with Gasteiger partial charge in [0.25, 0.3) is 0 Å². The first-order valence-corrected chi connectivity index (χ1v) is 6.85. The lowest BCUT2D eigenvalue weighted by Crippen LogP contribution is -2.31. The van der Waals surface area contributed by atoms with Crippen molar-refractivity contribution < 1.29 is 0 Å². The van der Waals surface area contributed by atoms with Crippen LogP contribution in [0.5, 0.6) is 0 Å². The van der Waals surface area contributed by atoms with Crippen LogP contribution in [0.25, 0.3) is 0 Å². The fourth-order valence-electron chi connectivity index (χ4n) is 2.42. The molecule has 4 nitrogen and oxygen atoms in total. The molecule has 2 aromatic rings. The van der Waals surface area contributed by atoms with Crippen LogP contribution in [-0.2, 0) is 6.54 Å². The molecule has 0 saturated heterocycles.